The van der Waals surface area contributed by atoms with Crippen molar-refractivity contribution >= 4 is 23.4 Å². The molecule has 0 aliphatic carbocycles. The Balaban J connectivity index is 1.88. The first-order chi connectivity index (χ1) is 13.3. The first-order valence-corrected chi connectivity index (χ1v) is 9.70. The van der Waals surface area contributed by atoms with Crippen LogP contribution in [0, 0.1) is 19.8 Å². The zero-order valence-electron chi connectivity index (χ0n) is 16.7. The minimum absolute atomic E-state index is 0.0771. The standard InChI is InChI=1S/C22H27ClN2O3/c1-14(2)20(25-21(26)18-7-5-6-8-19(18)23)22(27)24-9-10-28-17-12-15(3)11-16(4)13-17/h5-8,11-14,20H,9-10H2,1-4H3,(H,24,27)(H,25,26). The number of ether oxygens (including phenoxy) is 1. The van der Waals surface area contributed by atoms with E-state index in [1.165, 1.54) is 0 Å². The molecule has 0 fully saturated rings. The number of nitrogens with one attached hydrogen (secondary N) is 2. The van der Waals surface area contributed by atoms with Gasteiger partial charge in [-0.3, -0.25) is 9.59 Å². The van der Waals surface area contributed by atoms with E-state index in [1.807, 2.05) is 39.8 Å². The Bertz CT molecular complexity index is 816. The highest BCUT2D eigenvalue weighted by Gasteiger charge is 2.25. The second-order valence-corrected chi connectivity index (χ2v) is 7.55. The zero-order chi connectivity index (χ0) is 20.7. The van der Waals surface area contributed by atoms with E-state index in [1.54, 1.807) is 24.3 Å². The molecule has 2 rings (SSSR count). The van der Waals surface area contributed by atoms with Crippen molar-refractivity contribution in [3.8, 4) is 5.75 Å². The molecule has 1 unspecified atom stereocenters. The van der Waals surface area contributed by atoms with Crippen molar-refractivity contribution in [3.63, 3.8) is 0 Å². The third-order valence-corrected chi connectivity index (χ3v) is 4.55. The van der Waals surface area contributed by atoms with Gasteiger partial charge < -0.3 is 15.4 Å². The first-order valence-electron chi connectivity index (χ1n) is 9.32. The Morgan fingerprint density at radius 2 is 1.71 bits per heavy atom. The lowest BCUT2D eigenvalue weighted by molar-refractivity contribution is -0.124. The SMILES string of the molecule is Cc1cc(C)cc(OCCNC(=O)C(NC(=O)c2ccccc2Cl)C(C)C)c1. The predicted octanol–water partition coefficient (Wildman–Crippen LogP) is 3.91. The molecule has 1 atom stereocenters. The number of hydrogen-bond acceptors (Lipinski definition) is 3. The molecule has 0 aromatic heterocycles. The summed E-state index contributed by atoms with van der Waals surface area (Å²) in [4.78, 5) is 25.0. The number of amides is 2. The summed E-state index contributed by atoms with van der Waals surface area (Å²) >= 11 is 6.07. The quantitative estimate of drug-likeness (QED) is 0.658. The second kappa shape index (κ2) is 10.1. The van der Waals surface area contributed by atoms with Crippen molar-refractivity contribution in [2.24, 2.45) is 5.92 Å². The number of hydrogen-bond donors (Lipinski definition) is 2. The van der Waals surface area contributed by atoms with Gasteiger partial charge in [0.25, 0.3) is 5.91 Å². The number of carbonyl (C=O) groups excluding carboxylic acids is 2. The zero-order valence-corrected chi connectivity index (χ0v) is 17.5. The maximum absolute atomic E-state index is 12.5. The summed E-state index contributed by atoms with van der Waals surface area (Å²) < 4.78 is 5.70. The Kier molecular flexibility index (Phi) is 7.88. The van der Waals surface area contributed by atoms with Crippen LogP contribution in [-0.2, 0) is 4.79 Å². The van der Waals surface area contributed by atoms with Gasteiger partial charge in [-0.2, -0.15) is 0 Å². The normalized spacial score (nSPS) is 11.8. The Hall–Kier alpha value is -2.53. The van der Waals surface area contributed by atoms with Gasteiger partial charge in [-0.25, -0.2) is 0 Å². The third-order valence-electron chi connectivity index (χ3n) is 4.22. The van der Waals surface area contributed by atoms with E-state index in [0.29, 0.717) is 23.7 Å². The monoisotopic (exact) mass is 402 g/mol. The molecule has 2 N–H and O–H groups in total. The van der Waals surface area contributed by atoms with Crippen LogP contribution in [0.1, 0.15) is 35.3 Å². The van der Waals surface area contributed by atoms with Crippen molar-refractivity contribution in [1.82, 2.24) is 10.6 Å². The minimum Gasteiger partial charge on any atom is -0.492 e. The van der Waals surface area contributed by atoms with Gasteiger partial charge >= 0.3 is 0 Å². The number of aryl methyl sites for hydroxylation is 2. The third kappa shape index (κ3) is 6.27. The lowest BCUT2D eigenvalue weighted by Gasteiger charge is -2.22. The van der Waals surface area contributed by atoms with Crippen molar-refractivity contribution in [2.75, 3.05) is 13.2 Å². The molecule has 0 radical (unpaired) electrons. The van der Waals surface area contributed by atoms with Crippen molar-refractivity contribution < 1.29 is 14.3 Å². The van der Waals surface area contributed by atoms with Crippen LogP contribution in [0.15, 0.2) is 42.5 Å². The van der Waals surface area contributed by atoms with Gasteiger partial charge in [0.05, 0.1) is 17.1 Å². The van der Waals surface area contributed by atoms with Gasteiger partial charge in [-0.15, -0.1) is 0 Å². The molecule has 0 heterocycles. The van der Waals surface area contributed by atoms with Crippen LogP contribution >= 0.6 is 11.6 Å². The lowest BCUT2D eigenvalue weighted by Crippen LogP contribution is -2.50. The predicted molar refractivity (Wildman–Crippen MR) is 112 cm³/mol. The smallest absolute Gasteiger partial charge is 0.253 e. The van der Waals surface area contributed by atoms with Gasteiger partial charge in [0.2, 0.25) is 5.91 Å². The minimum atomic E-state index is -0.662. The Morgan fingerprint density at radius 1 is 1.07 bits per heavy atom. The topological polar surface area (TPSA) is 67.4 Å². The summed E-state index contributed by atoms with van der Waals surface area (Å²) in [7, 11) is 0. The van der Waals surface area contributed by atoms with E-state index in [9.17, 15) is 9.59 Å². The van der Waals surface area contributed by atoms with E-state index in [4.69, 9.17) is 16.3 Å². The summed E-state index contributed by atoms with van der Waals surface area (Å²) in [6, 6.07) is 12.1. The molecule has 0 saturated carbocycles. The summed E-state index contributed by atoms with van der Waals surface area (Å²) in [6.45, 7) is 8.47. The number of rotatable bonds is 8. The van der Waals surface area contributed by atoms with Crippen LogP contribution in [0.4, 0.5) is 0 Å². The fourth-order valence-corrected chi connectivity index (χ4v) is 3.09. The average Bonchev–Trinajstić information content (AvgIpc) is 2.62. The van der Waals surface area contributed by atoms with Gasteiger partial charge in [-0.05, 0) is 55.2 Å². The largest absolute Gasteiger partial charge is 0.492 e. The molecule has 2 aromatic rings. The molecule has 0 bridgehead atoms. The second-order valence-electron chi connectivity index (χ2n) is 7.14. The van der Waals surface area contributed by atoms with E-state index < -0.39 is 6.04 Å². The maximum atomic E-state index is 12.5. The highest BCUT2D eigenvalue weighted by molar-refractivity contribution is 6.33. The average molecular weight is 403 g/mol. The molecular formula is C22H27ClN2O3. The fraction of sp³-hybridized carbons (Fsp3) is 0.364. The van der Waals surface area contributed by atoms with Crippen LogP contribution in [0.25, 0.3) is 0 Å². The molecule has 5 nitrogen and oxygen atoms in total. The van der Waals surface area contributed by atoms with Gasteiger partial charge in [0, 0.05) is 0 Å². The maximum Gasteiger partial charge on any atom is 0.253 e. The molecular weight excluding hydrogens is 376 g/mol. The fourth-order valence-electron chi connectivity index (χ4n) is 2.87. The molecule has 0 aliphatic rings. The van der Waals surface area contributed by atoms with Crippen LogP contribution in [0.2, 0.25) is 5.02 Å². The van der Waals surface area contributed by atoms with Crippen LogP contribution < -0.4 is 15.4 Å². The molecule has 150 valence electrons. The lowest BCUT2D eigenvalue weighted by atomic mass is 10.0. The van der Waals surface area contributed by atoms with Crippen LogP contribution in [0.5, 0.6) is 5.75 Å². The molecule has 28 heavy (non-hydrogen) atoms. The van der Waals surface area contributed by atoms with Gasteiger partial charge in [0.1, 0.15) is 18.4 Å². The van der Waals surface area contributed by atoms with Crippen molar-refractivity contribution in [2.45, 2.75) is 33.7 Å². The Morgan fingerprint density at radius 3 is 2.32 bits per heavy atom. The molecule has 6 heteroatoms. The molecule has 2 aromatic carbocycles. The van der Waals surface area contributed by atoms with E-state index >= 15 is 0 Å². The highest BCUT2D eigenvalue weighted by atomic mass is 35.5. The molecule has 0 spiro atoms. The van der Waals surface area contributed by atoms with Crippen molar-refractivity contribution in [3.05, 3.63) is 64.2 Å². The van der Waals surface area contributed by atoms with Gasteiger partial charge in [0.15, 0.2) is 0 Å². The highest BCUT2D eigenvalue weighted by Crippen LogP contribution is 2.16. The molecule has 0 aliphatic heterocycles. The molecule has 0 saturated heterocycles. The summed E-state index contributed by atoms with van der Waals surface area (Å²) in [5, 5.41) is 5.95. The summed E-state index contributed by atoms with van der Waals surface area (Å²) in [5.74, 6) is 0.0799. The van der Waals surface area contributed by atoms with Crippen LogP contribution in [-0.4, -0.2) is 31.0 Å². The number of carbonyl (C=O) groups is 2. The number of halogens is 1. The number of benzene rings is 2. The molecule has 2 amide bonds. The van der Waals surface area contributed by atoms with Crippen molar-refractivity contribution in [1.29, 1.82) is 0 Å². The van der Waals surface area contributed by atoms with Gasteiger partial charge in [-0.1, -0.05) is 43.6 Å². The van der Waals surface area contributed by atoms with E-state index in [0.717, 1.165) is 16.9 Å². The van der Waals surface area contributed by atoms with E-state index in [2.05, 4.69) is 16.7 Å². The first kappa shape index (κ1) is 21.8. The summed E-state index contributed by atoms with van der Waals surface area (Å²) in [6.07, 6.45) is 0. The summed E-state index contributed by atoms with van der Waals surface area (Å²) in [5.41, 5.74) is 2.60. The van der Waals surface area contributed by atoms with E-state index in [-0.39, 0.29) is 17.7 Å². The Labute approximate surface area is 171 Å². The van der Waals surface area contributed by atoms with Crippen LogP contribution in [0.3, 0.4) is 0 Å².